The Morgan fingerprint density at radius 3 is 2.62 bits per heavy atom. The lowest BCUT2D eigenvalue weighted by atomic mass is 9.97. The van der Waals surface area contributed by atoms with Gasteiger partial charge in [-0.15, -0.1) is 0 Å². The molecule has 3 heterocycles. The van der Waals surface area contributed by atoms with E-state index in [1.165, 1.54) is 6.07 Å². The molecule has 0 atom stereocenters. The van der Waals surface area contributed by atoms with Gasteiger partial charge in [0, 0.05) is 33.6 Å². The highest BCUT2D eigenvalue weighted by molar-refractivity contribution is 5.97. The number of likely N-dealkylation sites (N-methyl/N-ethyl adjacent to an activating group) is 1. The molecule has 2 aliphatic rings. The Labute approximate surface area is 243 Å². The number of nitrogens with one attached hydrogen (secondary N) is 3. The second kappa shape index (κ2) is 12.0. The number of carbonyl (C=O) groups excluding carboxylic acids is 1. The topological polar surface area (TPSA) is 89.7 Å². The molecule has 3 N–H and O–H groups in total. The molecule has 0 bridgehead atoms. The molecule has 2 aliphatic carbocycles. The zero-order valence-corrected chi connectivity index (χ0v) is 23.7. The van der Waals surface area contributed by atoms with Crippen LogP contribution < -0.4 is 15.9 Å². The summed E-state index contributed by atoms with van der Waals surface area (Å²) in [5.41, 5.74) is 6.54. The zero-order chi connectivity index (χ0) is 29.1. The van der Waals surface area contributed by atoms with Crippen molar-refractivity contribution >= 4 is 29.0 Å². The molecule has 7 nitrogen and oxygen atoms in total. The van der Waals surface area contributed by atoms with Crippen LogP contribution in [0.4, 0.5) is 4.39 Å². The highest BCUT2D eigenvalue weighted by Gasteiger charge is 2.16. The third-order valence-electron chi connectivity index (χ3n) is 7.36. The molecule has 8 heteroatoms. The number of allylic oxidation sites excluding steroid dienone is 7. The number of benzene rings is 1. The third kappa shape index (κ3) is 5.80. The summed E-state index contributed by atoms with van der Waals surface area (Å²) in [4.78, 5) is 22.2. The van der Waals surface area contributed by atoms with Crippen LogP contribution in [0.25, 0.3) is 45.6 Å². The van der Waals surface area contributed by atoms with Gasteiger partial charge in [0.05, 0.1) is 29.3 Å². The smallest absolute Gasteiger partial charge is 0.238 e. The summed E-state index contributed by atoms with van der Waals surface area (Å²) in [6.07, 6.45) is 21.9. The van der Waals surface area contributed by atoms with Crippen LogP contribution in [0.5, 0.6) is 0 Å². The SMILES string of the molecule is CN(C)CC(=O)NC1=C/C(C2=C/CC/C=c3\[nH]nc(-c4cc5c(-c6ccccc6F)cncc5[nH]4)\c3=C\2)=C\CC\C=C\1. The van der Waals surface area contributed by atoms with Gasteiger partial charge in [-0.25, -0.2) is 4.39 Å². The molecule has 6 rings (SSSR count). The van der Waals surface area contributed by atoms with Gasteiger partial charge in [0.1, 0.15) is 11.5 Å². The van der Waals surface area contributed by atoms with Crippen molar-refractivity contribution in [2.24, 2.45) is 0 Å². The number of hydrogen-bond acceptors (Lipinski definition) is 4. The number of H-pyrrole nitrogens is 2. The number of aromatic amines is 2. The maximum atomic E-state index is 14.7. The first kappa shape index (κ1) is 27.4. The Hall–Kier alpha value is -4.82. The van der Waals surface area contributed by atoms with Gasteiger partial charge in [-0.3, -0.25) is 14.9 Å². The van der Waals surface area contributed by atoms with Crippen molar-refractivity contribution in [3.8, 4) is 22.5 Å². The fraction of sp³-hybridized carbons (Fsp3) is 0.206. The number of nitrogens with zero attached hydrogens (tertiary/aromatic N) is 3. The highest BCUT2D eigenvalue weighted by atomic mass is 19.1. The van der Waals surface area contributed by atoms with E-state index < -0.39 is 0 Å². The first-order valence-corrected chi connectivity index (χ1v) is 14.2. The Morgan fingerprint density at radius 1 is 1.00 bits per heavy atom. The molecule has 4 aromatic rings. The minimum Gasteiger partial charge on any atom is -0.352 e. The van der Waals surface area contributed by atoms with Crippen LogP contribution in [-0.2, 0) is 4.79 Å². The molecule has 1 amide bonds. The molecule has 0 aliphatic heterocycles. The van der Waals surface area contributed by atoms with Gasteiger partial charge >= 0.3 is 0 Å². The van der Waals surface area contributed by atoms with E-state index in [0.29, 0.717) is 12.1 Å². The van der Waals surface area contributed by atoms with Gasteiger partial charge in [-0.05, 0) is 81.3 Å². The van der Waals surface area contributed by atoms with E-state index in [9.17, 15) is 9.18 Å². The number of aromatic nitrogens is 4. The second-order valence-corrected chi connectivity index (χ2v) is 10.8. The predicted octanol–water partition coefficient (Wildman–Crippen LogP) is 4.88. The van der Waals surface area contributed by atoms with Crippen LogP contribution in [0.2, 0.25) is 0 Å². The highest BCUT2D eigenvalue weighted by Crippen LogP contribution is 2.32. The lowest BCUT2D eigenvalue weighted by molar-refractivity contribution is -0.120. The maximum Gasteiger partial charge on any atom is 0.238 e. The summed E-state index contributed by atoms with van der Waals surface area (Å²) in [7, 11) is 3.76. The minimum atomic E-state index is -0.287. The Morgan fingerprint density at radius 2 is 1.79 bits per heavy atom. The fourth-order valence-corrected chi connectivity index (χ4v) is 5.41. The van der Waals surface area contributed by atoms with Gasteiger partial charge in [0.2, 0.25) is 5.91 Å². The van der Waals surface area contributed by atoms with Crippen LogP contribution in [-0.4, -0.2) is 51.6 Å². The van der Waals surface area contributed by atoms with Gasteiger partial charge in [-0.2, -0.15) is 5.10 Å². The molecular weight excluding hydrogens is 527 g/mol. The lowest BCUT2D eigenvalue weighted by Gasteiger charge is -2.14. The predicted molar refractivity (Wildman–Crippen MR) is 166 cm³/mol. The van der Waals surface area contributed by atoms with Crippen LogP contribution in [0.3, 0.4) is 0 Å². The van der Waals surface area contributed by atoms with Crippen molar-refractivity contribution in [2.45, 2.75) is 25.7 Å². The molecule has 0 radical (unpaired) electrons. The van der Waals surface area contributed by atoms with Crippen molar-refractivity contribution in [3.05, 3.63) is 106 Å². The molecule has 0 fully saturated rings. The average molecular weight is 561 g/mol. The molecule has 212 valence electrons. The van der Waals surface area contributed by atoms with Crippen molar-refractivity contribution in [1.29, 1.82) is 0 Å². The number of amides is 1. The first-order valence-electron chi connectivity index (χ1n) is 14.2. The van der Waals surface area contributed by atoms with Gasteiger partial charge < -0.3 is 15.2 Å². The Balaban J connectivity index is 1.43. The fourth-order valence-electron chi connectivity index (χ4n) is 5.41. The molecule has 0 saturated carbocycles. The van der Waals surface area contributed by atoms with Crippen LogP contribution in [0.1, 0.15) is 25.7 Å². The third-order valence-corrected chi connectivity index (χ3v) is 7.36. The largest absolute Gasteiger partial charge is 0.352 e. The zero-order valence-electron chi connectivity index (χ0n) is 23.7. The summed E-state index contributed by atoms with van der Waals surface area (Å²) >= 11 is 0. The number of rotatable bonds is 6. The Kier molecular flexibility index (Phi) is 7.79. The van der Waals surface area contributed by atoms with E-state index in [4.69, 9.17) is 5.10 Å². The van der Waals surface area contributed by atoms with Crippen LogP contribution in [0.15, 0.2) is 89.9 Å². The maximum absolute atomic E-state index is 14.7. The molecule has 0 spiro atoms. The number of pyridine rings is 1. The molecular formula is C34H33FN6O. The van der Waals surface area contributed by atoms with E-state index >= 15 is 0 Å². The molecule has 0 saturated heterocycles. The van der Waals surface area contributed by atoms with Gasteiger partial charge in [-0.1, -0.05) is 42.5 Å². The molecule has 1 aromatic carbocycles. The van der Waals surface area contributed by atoms with E-state index in [1.807, 2.05) is 43.3 Å². The first-order chi connectivity index (χ1) is 20.5. The quantitative estimate of drug-likeness (QED) is 0.314. The van der Waals surface area contributed by atoms with Gasteiger partial charge in [0.25, 0.3) is 0 Å². The van der Waals surface area contributed by atoms with E-state index in [-0.39, 0.29) is 11.7 Å². The normalized spacial score (nSPS) is 21.4. The standard InChI is InChI=1S/C34H33FN6O/c1-41(2)21-33(42)37-24-12-5-3-4-10-22(16-24)23-11-6-9-15-30-27(17-23)34(40-39-30)31-18-26-28(19-36-20-32(26)38-31)25-13-7-8-14-29(25)35/h5,7-8,10-20,38-39H,3-4,6,9,21H2,1-2H3,(H,37,42)/b12-5+,22-10+,23-11+,24-16+,27-17+,30-15-. The summed E-state index contributed by atoms with van der Waals surface area (Å²) in [5, 5.41) is 13.8. The lowest BCUT2D eigenvalue weighted by Crippen LogP contribution is -2.32. The van der Waals surface area contributed by atoms with Crippen molar-refractivity contribution in [2.75, 3.05) is 20.6 Å². The molecule has 42 heavy (non-hydrogen) atoms. The van der Waals surface area contributed by atoms with Crippen LogP contribution >= 0.6 is 0 Å². The number of fused-ring (bicyclic) bond motifs is 2. The van der Waals surface area contributed by atoms with Crippen molar-refractivity contribution < 1.29 is 9.18 Å². The van der Waals surface area contributed by atoms with E-state index in [2.05, 4.69) is 50.8 Å². The Bertz CT molecular complexity index is 1900. The average Bonchev–Trinajstić information content (AvgIpc) is 3.53. The van der Waals surface area contributed by atoms with Gasteiger partial charge in [0.15, 0.2) is 0 Å². The minimum absolute atomic E-state index is 0.0523. The van der Waals surface area contributed by atoms with E-state index in [1.54, 1.807) is 24.5 Å². The van der Waals surface area contributed by atoms with Crippen LogP contribution in [0, 0.1) is 5.82 Å². The monoisotopic (exact) mass is 560 g/mol. The number of hydrogen-bond donors (Lipinski definition) is 3. The molecule has 0 unspecified atom stereocenters. The van der Waals surface area contributed by atoms with E-state index in [0.717, 1.165) is 80.9 Å². The number of halogens is 1. The van der Waals surface area contributed by atoms with Crippen molar-refractivity contribution in [3.63, 3.8) is 0 Å². The number of carbonyl (C=O) groups is 1. The summed E-state index contributed by atoms with van der Waals surface area (Å²) < 4.78 is 14.7. The molecule has 3 aromatic heterocycles. The summed E-state index contributed by atoms with van der Waals surface area (Å²) in [6, 6.07) is 8.76. The second-order valence-electron chi connectivity index (χ2n) is 10.8. The van der Waals surface area contributed by atoms with Crippen molar-refractivity contribution in [1.82, 2.24) is 30.4 Å². The summed E-state index contributed by atoms with van der Waals surface area (Å²) in [6.45, 7) is 0.315. The summed E-state index contributed by atoms with van der Waals surface area (Å²) in [5.74, 6) is -0.340.